The number of halogens is 1. The fourth-order valence-electron chi connectivity index (χ4n) is 1.01. The number of nitrogens with zero attached hydrogens (tertiary/aromatic N) is 2. The highest BCUT2D eigenvalue weighted by Crippen LogP contribution is 2.39. The van der Waals surface area contributed by atoms with Gasteiger partial charge in [0, 0.05) is 6.20 Å². The maximum absolute atomic E-state index is 10.5. The van der Waals surface area contributed by atoms with Crippen molar-refractivity contribution in [3.63, 3.8) is 0 Å². The third kappa shape index (κ3) is 1.26. The quantitative estimate of drug-likeness (QED) is 0.542. The van der Waals surface area contributed by atoms with Gasteiger partial charge in [0.1, 0.15) is 5.52 Å². The van der Waals surface area contributed by atoms with E-state index in [0.717, 1.165) is 16.0 Å². The molecule has 0 bridgehead atoms. The Hall–Kier alpha value is -1.20. The summed E-state index contributed by atoms with van der Waals surface area (Å²) < 4.78 is 0.735. The molecule has 0 aliphatic rings. The van der Waals surface area contributed by atoms with Crippen LogP contribution >= 0.6 is 22.9 Å². The van der Waals surface area contributed by atoms with Gasteiger partial charge in [0.2, 0.25) is 0 Å². The molecule has 0 saturated carbocycles. The molecule has 0 amide bonds. The van der Waals surface area contributed by atoms with Crippen LogP contribution in [0.1, 0.15) is 0 Å². The van der Waals surface area contributed by atoms with Crippen molar-refractivity contribution < 1.29 is 4.92 Å². The standard InChI is InChI=1S/C7H3ClN2O2S/c8-5-6-4(2-1-3-9-6)13-7(5)10(11)12/h1-3H. The highest BCUT2D eigenvalue weighted by atomic mass is 35.5. The van der Waals surface area contributed by atoms with Gasteiger partial charge in [-0.2, -0.15) is 0 Å². The van der Waals surface area contributed by atoms with E-state index < -0.39 is 4.92 Å². The van der Waals surface area contributed by atoms with Crippen molar-refractivity contribution in [3.8, 4) is 0 Å². The van der Waals surface area contributed by atoms with Gasteiger partial charge in [0.25, 0.3) is 0 Å². The summed E-state index contributed by atoms with van der Waals surface area (Å²) in [6.45, 7) is 0. The fourth-order valence-corrected chi connectivity index (χ4v) is 2.26. The van der Waals surface area contributed by atoms with Crippen molar-refractivity contribution >= 4 is 38.2 Å². The summed E-state index contributed by atoms with van der Waals surface area (Å²) in [5.41, 5.74) is 0.501. The third-order valence-corrected chi connectivity index (χ3v) is 3.10. The molecule has 0 aromatic carbocycles. The normalized spacial score (nSPS) is 10.5. The van der Waals surface area contributed by atoms with Crippen LogP contribution in [0.25, 0.3) is 10.2 Å². The molecule has 4 nitrogen and oxygen atoms in total. The Labute approximate surface area is 81.9 Å². The first-order chi connectivity index (χ1) is 6.20. The molecule has 0 fully saturated rings. The minimum Gasteiger partial charge on any atom is -0.257 e. The van der Waals surface area contributed by atoms with Gasteiger partial charge in [-0.15, -0.1) is 0 Å². The zero-order valence-corrected chi connectivity index (χ0v) is 7.80. The average Bonchev–Trinajstić information content (AvgIpc) is 2.45. The van der Waals surface area contributed by atoms with Gasteiger partial charge in [-0.05, 0) is 12.1 Å². The van der Waals surface area contributed by atoms with Gasteiger partial charge < -0.3 is 0 Å². The highest BCUT2D eigenvalue weighted by Gasteiger charge is 2.19. The van der Waals surface area contributed by atoms with E-state index in [1.54, 1.807) is 18.3 Å². The van der Waals surface area contributed by atoms with E-state index in [1.165, 1.54) is 0 Å². The average molecular weight is 215 g/mol. The van der Waals surface area contributed by atoms with Crippen LogP contribution in [0.2, 0.25) is 5.02 Å². The molecule has 0 unspecified atom stereocenters. The molecular formula is C7H3ClN2O2S. The Kier molecular flexibility index (Phi) is 1.90. The Balaban J connectivity index is 2.81. The van der Waals surface area contributed by atoms with Gasteiger partial charge in [0.15, 0.2) is 5.02 Å². The molecule has 6 heteroatoms. The molecule has 0 radical (unpaired) electrons. The molecular weight excluding hydrogens is 212 g/mol. The van der Waals surface area contributed by atoms with Crippen molar-refractivity contribution in [1.82, 2.24) is 4.98 Å². The third-order valence-electron chi connectivity index (χ3n) is 1.54. The first-order valence-electron chi connectivity index (χ1n) is 3.37. The van der Waals surface area contributed by atoms with Crippen molar-refractivity contribution in [2.45, 2.75) is 0 Å². The lowest BCUT2D eigenvalue weighted by molar-refractivity contribution is -0.380. The summed E-state index contributed by atoms with van der Waals surface area (Å²) in [5.74, 6) is 0. The Morgan fingerprint density at radius 2 is 2.38 bits per heavy atom. The van der Waals surface area contributed by atoms with Crippen LogP contribution in [0, 0.1) is 10.1 Å². The smallest absolute Gasteiger partial charge is 0.257 e. The predicted molar refractivity (Wildman–Crippen MR) is 51.3 cm³/mol. The second-order valence-corrected chi connectivity index (χ2v) is 3.74. The van der Waals surface area contributed by atoms with E-state index in [9.17, 15) is 10.1 Å². The van der Waals surface area contributed by atoms with E-state index in [-0.39, 0.29) is 10.0 Å². The van der Waals surface area contributed by atoms with Gasteiger partial charge >= 0.3 is 5.00 Å². The van der Waals surface area contributed by atoms with Crippen LogP contribution in [0.4, 0.5) is 5.00 Å². The second kappa shape index (κ2) is 2.93. The SMILES string of the molecule is O=[N+]([O-])c1sc2cccnc2c1Cl. The molecule has 2 aromatic heterocycles. The van der Waals surface area contributed by atoms with Crippen LogP contribution in [0.5, 0.6) is 0 Å². The van der Waals surface area contributed by atoms with E-state index in [0.29, 0.717) is 5.52 Å². The Morgan fingerprint density at radius 3 is 3.00 bits per heavy atom. The fraction of sp³-hybridized carbons (Fsp3) is 0. The van der Waals surface area contributed by atoms with E-state index in [2.05, 4.69) is 4.98 Å². The van der Waals surface area contributed by atoms with Crippen LogP contribution in [0.15, 0.2) is 18.3 Å². The Bertz CT molecular complexity index is 482. The summed E-state index contributed by atoms with van der Waals surface area (Å²) in [5, 5.41) is 10.6. The molecule has 2 aromatic rings. The molecule has 0 atom stereocenters. The van der Waals surface area contributed by atoms with Crippen LogP contribution in [-0.2, 0) is 0 Å². The minimum absolute atomic E-state index is 0.0460. The van der Waals surface area contributed by atoms with E-state index >= 15 is 0 Å². The lowest BCUT2D eigenvalue weighted by Crippen LogP contribution is -1.82. The summed E-state index contributed by atoms with van der Waals surface area (Å²) in [7, 11) is 0. The first kappa shape index (κ1) is 8.40. The molecule has 0 saturated heterocycles. The van der Waals surface area contributed by atoms with E-state index in [4.69, 9.17) is 11.6 Å². The van der Waals surface area contributed by atoms with Crippen molar-refractivity contribution in [3.05, 3.63) is 33.5 Å². The summed E-state index contributed by atoms with van der Waals surface area (Å²) >= 11 is 6.80. The number of hydrogen-bond acceptors (Lipinski definition) is 4. The number of aromatic nitrogens is 1. The zero-order chi connectivity index (χ0) is 9.42. The predicted octanol–water partition coefficient (Wildman–Crippen LogP) is 2.86. The number of nitro groups is 1. The van der Waals surface area contributed by atoms with Crippen LogP contribution < -0.4 is 0 Å². The number of rotatable bonds is 1. The Morgan fingerprint density at radius 1 is 1.62 bits per heavy atom. The molecule has 0 aliphatic heterocycles. The van der Waals surface area contributed by atoms with Crippen molar-refractivity contribution in [2.75, 3.05) is 0 Å². The molecule has 13 heavy (non-hydrogen) atoms. The first-order valence-corrected chi connectivity index (χ1v) is 4.57. The van der Waals surface area contributed by atoms with Gasteiger partial charge in [-0.3, -0.25) is 15.1 Å². The number of hydrogen-bond donors (Lipinski definition) is 0. The second-order valence-electron chi connectivity index (χ2n) is 2.33. The maximum atomic E-state index is 10.5. The maximum Gasteiger partial charge on any atom is 0.345 e. The van der Waals surface area contributed by atoms with Gasteiger partial charge in [-0.1, -0.05) is 22.9 Å². The molecule has 0 N–H and O–H groups in total. The summed E-state index contributed by atoms with van der Waals surface area (Å²) in [4.78, 5) is 14.0. The van der Waals surface area contributed by atoms with Crippen LogP contribution in [0.3, 0.4) is 0 Å². The largest absolute Gasteiger partial charge is 0.345 e. The number of fused-ring (bicyclic) bond motifs is 1. The topological polar surface area (TPSA) is 56.0 Å². The van der Waals surface area contributed by atoms with Gasteiger partial charge in [-0.25, -0.2) is 0 Å². The number of thiophene rings is 1. The summed E-state index contributed by atoms with van der Waals surface area (Å²) in [6, 6.07) is 3.48. The van der Waals surface area contributed by atoms with E-state index in [1.807, 2.05) is 0 Å². The molecule has 0 aliphatic carbocycles. The van der Waals surface area contributed by atoms with Gasteiger partial charge in [0.05, 0.1) is 9.62 Å². The molecule has 0 spiro atoms. The van der Waals surface area contributed by atoms with Crippen LogP contribution in [-0.4, -0.2) is 9.91 Å². The van der Waals surface area contributed by atoms with Crippen molar-refractivity contribution in [2.24, 2.45) is 0 Å². The lowest BCUT2D eigenvalue weighted by atomic mass is 10.4. The van der Waals surface area contributed by atoms with Crippen molar-refractivity contribution in [1.29, 1.82) is 0 Å². The number of pyridine rings is 1. The molecule has 66 valence electrons. The minimum atomic E-state index is -0.491. The molecule has 2 rings (SSSR count). The zero-order valence-electron chi connectivity index (χ0n) is 6.23. The summed E-state index contributed by atoms with van der Waals surface area (Å²) in [6.07, 6.45) is 1.56. The monoisotopic (exact) mass is 214 g/mol. The lowest BCUT2D eigenvalue weighted by Gasteiger charge is -1.84. The highest BCUT2D eigenvalue weighted by molar-refractivity contribution is 7.22. The molecule has 2 heterocycles.